The zero-order chi connectivity index (χ0) is 13.7. The summed E-state index contributed by atoms with van der Waals surface area (Å²) in [5.74, 6) is 0.108. The number of rotatable bonds is 2. The molecular formula is C14H17INO2. The Morgan fingerprint density at radius 2 is 1.72 bits per heavy atom. The average Bonchev–Trinajstić information content (AvgIpc) is 2.47. The van der Waals surface area contributed by atoms with Crippen LogP contribution in [0.5, 0.6) is 0 Å². The highest BCUT2D eigenvalue weighted by atomic mass is 127. The lowest BCUT2D eigenvalue weighted by Crippen LogP contribution is -2.41. The number of fused-ring (bicyclic) bond motifs is 1. The first-order valence-electron chi connectivity index (χ1n) is 5.94. The number of hydrogen-bond donors (Lipinski definition) is 0. The van der Waals surface area contributed by atoms with Gasteiger partial charge in [0.2, 0.25) is 0 Å². The zero-order valence-electron chi connectivity index (χ0n) is 11.1. The fourth-order valence-corrected chi connectivity index (χ4v) is 3.19. The normalized spacial score (nSPS) is 20.8. The number of alkyl halides is 1. The highest BCUT2D eigenvalue weighted by Gasteiger charge is 2.50. The number of hydroxylamine groups is 2. The lowest BCUT2D eigenvalue weighted by molar-refractivity contribution is -0.266. The summed E-state index contributed by atoms with van der Waals surface area (Å²) in [6, 6.07) is 5.64. The number of carbonyl (C=O) groups is 1. The topological polar surface area (TPSA) is 40.2 Å². The molecule has 1 aromatic rings. The largest absolute Gasteiger partial charge is 0.293 e. The molecule has 0 atom stereocenters. The Kier molecular flexibility index (Phi) is 3.32. The van der Waals surface area contributed by atoms with Crippen LogP contribution < -0.4 is 0 Å². The van der Waals surface area contributed by atoms with Gasteiger partial charge in [0.25, 0.3) is 0 Å². The van der Waals surface area contributed by atoms with Gasteiger partial charge in [-0.05, 0) is 44.9 Å². The molecule has 1 heterocycles. The van der Waals surface area contributed by atoms with Gasteiger partial charge in [0.05, 0.1) is 15.5 Å². The second kappa shape index (κ2) is 4.28. The first kappa shape index (κ1) is 14.0. The van der Waals surface area contributed by atoms with Crippen LogP contribution in [-0.4, -0.2) is 15.3 Å². The van der Waals surface area contributed by atoms with Crippen molar-refractivity contribution >= 4 is 28.4 Å². The minimum Gasteiger partial charge on any atom is -0.293 e. The summed E-state index contributed by atoms with van der Waals surface area (Å²) in [5, 5.41) is 13.5. The molecule has 0 amide bonds. The van der Waals surface area contributed by atoms with Crippen molar-refractivity contribution in [1.29, 1.82) is 0 Å². The average molecular weight is 358 g/mol. The summed E-state index contributed by atoms with van der Waals surface area (Å²) in [4.78, 5) is 11.8. The lowest BCUT2D eigenvalue weighted by Gasteiger charge is -2.32. The van der Waals surface area contributed by atoms with Crippen molar-refractivity contribution in [3.63, 3.8) is 0 Å². The molecule has 18 heavy (non-hydrogen) atoms. The number of carbonyl (C=O) groups excluding carboxylic acids is 1. The Hall–Kier alpha value is -0.460. The third kappa shape index (κ3) is 1.82. The molecule has 1 aliphatic rings. The van der Waals surface area contributed by atoms with Crippen molar-refractivity contribution in [1.82, 2.24) is 5.06 Å². The van der Waals surface area contributed by atoms with Gasteiger partial charge < -0.3 is 0 Å². The van der Waals surface area contributed by atoms with E-state index in [2.05, 4.69) is 22.6 Å². The predicted octanol–water partition coefficient (Wildman–Crippen LogP) is 3.44. The molecule has 2 rings (SSSR count). The second-order valence-corrected chi connectivity index (χ2v) is 6.49. The number of nitrogens with zero attached hydrogens (tertiary/aromatic N) is 1. The van der Waals surface area contributed by atoms with Crippen LogP contribution in [0, 0.1) is 0 Å². The standard InChI is InChI=1S/C14H17INO2/c1-13(2)10-6-5-9(12(17)8-15)7-11(10)14(3,4)16(13)18/h5-7H,8H2,1-4H3. The van der Waals surface area contributed by atoms with Crippen LogP contribution in [0.1, 0.15) is 49.2 Å². The second-order valence-electron chi connectivity index (χ2n) is 5.73. The first-order valence-corrected chi connectivity index (χ1v) is 7.47. The number of hydrogen-bond acceptors (Lipinski definition) is 2. The first-order chi connectivity index (χ1) is 8.22. The van der Waals surface area contributed by atoms with E-state index in [1.54, 1.807) is 0 Å². The zero-order valence-corrected chi connectivity index (χ0v) is 13.2. The Balaban J connectivity index is 2.62. The SMILES string of the molecule is CC1(C)c2ccc(C(=O)CI)cc2C(C)(C)N1[O]. The van der Waals surface area contributed by atoms with Gasteiger partial charge in [0, 0.05) is 5.56 Å². The fourth-order valence-electron chi connectivity index (χ4n) is 2.75. The van der Waals surface area contributed by atoms with Crippen molar-refractivity contribution in [2.45, 2.75) is 38.8 Å². The summed E-state index contributed by atoms with van der Waals surface area (Å²) in [6.07, 6.45) is 0. The van der Waals surface area contributed by atoms with Gasteiger partial charge in [-0.25, -0.2) is 0 Å². The van der Waals surface area contributed by atoms with Crippen LogP contribution in [0.4, 0.5) is 0 Å². The minimum atomic E-state index is -0.583. The molecule has 4 heteroatoms. The van der Waals surface area contributed by atoms with E-state index in [-0.39, 0.29) is 5.78 Å². The molecule has 0 aliphatic carbocycles. The summed E-state index contributed by atoms with van der Waals surface area (Å²) in [5.41, 5.74) is 1.57. The summed E-state index contributed by atoms with van der Waals surface area (Å²) in [6.45, 7) is 7.67. The van der Waals surface area contributed by atoms with E-state index >= 15 is 0 Å². The van der Waals surface area contributed by atoms with Gasteiger partial charge in [-0.15, -0.1) is 10.3 Å². The predicted molar refractivity (Wildman–Crippen MR) is 78.2 cm³/mol. The fraction of sp³-hybridized carbons (Fsp3) is 0.500. The highest BCUT2D eigenvalue weighted by Crippen LogP contribution is 2.48. The van der Waals surface area contributed by atoms with Gasteiger partial charge in [0.1, 0.15) is 0 Å². The van der Waals surface area contributed by atoms with E-state index in [0.717, 1.165) is 16.2 Å². The Bertz CT molecular complexity index is 509. The monoisotopic (exact) mass is 358 g/mol. The maximum Gasteiger partial charge on any atom is 0.172 e. The van der Waals surface area contributed by atoms with Crippen molar-refractivity contribution in [2.24, 2.45) is 0 Å². The van der Waals surface area contributed by atoms with Crippen LogP contribution in [-0.2, 0) is 16.3 Å². The highest BCUT2D eigenvalue weighted by molar-refractivity contribution is 14.1. The molecule has 0 unspecified atom stereocenters. The maximum absolute atomic E-state index is 12.4. The van der Waals surface area contributed by atoms with E-state index in [4.69, 9.17) is 0 Å². The quantitative estimate of drug-likeness (QED) is 0.462. The summed E-state index contributed by atoms with van der Waals surface area (Å²) in [7, 11) is 0. The molecule has 3 nitrogen and oxygen atoms in total. The molecule has 0 spiro atoms. The lowest BCUT2D eigenvalue weighted by atomic mass is 9.89. The minimum absolute atomic E-state index is 0.108. The number of Topliss-reactive ketones (excluding diaryl/α,β-unsaturated/α-hetero) is 1. The Morgan fingerprint density at radius 3 is 2.28 bits per heavy atom. The van der Waals surface area contributed by atoms with Gasteiger partial charge >= 0.3 is 0 Å². The molecule has 97 valence electrons. The van der Waals surface area contributed by atoms with E-state index in [1.165, 1.54) is 0 Å². The van der Waals surface area contributed by atoms with Gasteiger partial charge in [-0.3, -0.25) is 4.79 Å². The van der Waals surface area contributed by atoms with Crippen LogP contribution in [0.3, 0.4) is 0 Å². The van der Waals surface area contributed by atoms with Crippen molar-refractivity contribution in [3.05, 3.63) is 34.9 Å². The van der Waals surface area contributed by atoms with E-state index in [1.807, 2.05) is 45.9 Å². The molecule has 0 aromatic heterocycles. The molecule has 0 N–H and O–H groups in total. The smallest absolute Gasteiger partial charge is 0.172 e. The van der Waals surface area contributed by atoms with E-state index in [0.29, 0.717) is 9.99 Å². The number of ketones is 1. The van der Waals surface area contributed by atoms with Crippen LogP contribution in [0.25, 0.3) is 0 Å². The summed E-state index contributed by atoms with van der Waals surface area (Å²) < 4.78 is 0.460. The maximum atomic E-state index is 12.4. The molecule has 0 saturated heterocycles. The Morgan fingerprint density at radius 1 is 1.17 bits per heavy atom. The molecule has 1 aromatic carbocycles. The Labute approximate surface area is 121 Å². The number of halogens is 1. The van der Waals surface area contributed by atoms with E-state index < -0.39 is 11.1 Å². The van der Waals surface area contributed by atoms with Crippen LogP contribution in [0.2, 0.25) is 0 Å². The molecule has 1 radical (unpaired) electrons. The van der Waals surface area contributed by atoms with Gasteiger partial charge in [-0.1, -0.05) is 34.7 Å². The van der Waals surface area contributed by atoms with Crippen LogP contribution >= 0.6 is 22.6 Å². The third-order valence-electron chi connectivity index (χ3n) is 3.80. The molecule has 0 fully saturated rings. The molecule has 1 aliphatic heterocycles. The number of benzene rings is 1. The van der Waals surface area contributed by atoms with Crippen molar-refractivity contribution in [2.75, 3.05) is 4.43 Å². The summed E-state index contributed by atoms with van der Waals surface area (Å²) >= 11 is 2.06. The molecule has 0 saturated carbocycles. The van der Waals surface area contributed by atoms with Gasteiger partial charge in [0.15, 0.2) is 5.78 Å². The van der Waals surface area contributed by atoms with Crippen LogP contribution in [0.15, 0.2) is 18.2 Å². The van der Waals surface area contributed by atoms with E-state index in [9.17, 15) is 10.0 Å². The third-order valence-corrected chi connectivity index (χ3v) is 4.49. The van der Waals surface area contributed by atoms with Crippen molar-refractivity contribution in [3.8, 4) is 0 Å². The molecular weight excluding hydrogens is 341 g/mol. The molecule has 0 bridgehead atoms. The van der Waals surface area contributed by atoms with Crippen molar-refractivity contribution < 1.29 is 10.0 Å². The van der Waals surface area contributed by atoms with Gasteiger partial charge in [-0.2, -0.15) is 0 Å².